The molecule has 11 nitrogen and oxygen atoms in total. The van der Waals surface area contributed by atoms with Crippen LogP contribution in [0.3, 0.4) is 0 Å². The van der Waals surface area contributed by atoms with Crippen molar-refractivity contribution in [2.75, 3.05) is 19.8 Å². The van der Waals surface area contributed by atoms with Crippen molar-refractivity contribution < 1.29 is 50.0 Å². The molecule has 0 amide bonds. The topological polar surface area (TPSA) is 189 Å². The normalized spacial score (nSPS) is 35.5. The number of nitrogens with one attached hydrogen (secondary N) is 1. The maximum atomic E-state index is 11.6. The fourth-order valence-corrected chi connectivity index (χ4v) is 4.83. The van der Waals surface area contributed by atoms with Gasteiger partial charge in [-0.05, 0) is 19.3 Å². The van der Waals surface area contributed by atoms with Crippen molar-refractivity contribution in [2.45, 2.75) is 126 Å². The average molecular weight is 508 g/mol. The highest BCUT2D eigenvalue weighted by Gasteiger charge is 2.49. The number of hydrogen-bond acceptors (Lipinski definition) is 11. The Kier molecular flexibility index (Phi) is 14.1. The number of carbonyl (C=O) groups excluding carboxylic acids is 1. The van der Waals surface area contributed by atoms with Crippen LogP contribution in [0.5, 0.6) is 0 Å². The SMILES string of the molecule is O=C(CCCO)CCCCCCCCC[C@H]1N[C@H](CO)[C@@H](O)[C@H]1O[C@H]1O[C@H](CO)[C@@H](O)[C@@H](O)[C@H]1O. The maximum Gasteiger partial charge on any atom is 0.187 e. The second kappa shape index (κ2) is 16.2. The molecule has 35 heavy (non-hydrogen) atoms. The molecule has 9 atom stereocenters. The van der Waals surface area contributed by atoms with Crippen molar-refractivity contribution in [3.05, 3.63) is 0 Å². The fourth-order valence-electron chi connectivity index (χ4n) is 4.83. The monoisotopic (exact) mass is 507 g/mol. The quantitative estimate of drug-likeness (QED) is 0.109. The first-order chi connectivity index (χ1) is 16.8. The van der Waals surface area contributed by atoms with E-state index in [-0.39, 0.29) is 25.0 Å². The molecule has 0 bridgehead atoms. The van der Waals surface area contributed by atoms with Crippen LogP contribution in [0, 0.1) is 0 Å². The first-order valence-electron chi connectivity index (χ1n) is 13.0. The van der Waals surface area contributed by atoms with Gasteiger partial charge in [0.2, 0.25) is 0 Å². The highest BCUT2D eigenvalue weighted by atomic mass is 16.7. The van der Waals surface area contributed by atoms with Crippen LogP contribution in [0.4, 0.5) is 0 Å². The van der Waals surface area contributed by atoms with E-state index in [0.29, 0.717) is 25.7 Å². The molecule has 0 aromatic heterocycles. The van der Waals surface area contributed by atoms with Gasteiger partial charge in [0.15, 0.2) is 6.29 Å². The molecule has 0 aliphatic carbocycles. The predicted molar refractivity (Wildman–Crippen MR) is 125 cm³/mol. The summed E-state index contributed by atoms with van der Waals surface area (Å²) in [4.78, 5) is 11.6. The molecule has 0 saturated carbocycles. The van der Waals surface area contributed by atoms with Gasteiger partial charge in [0.05, 0.1) is 25.4 Å². The largest absolute Gasteiger partial charge is 0.396 e. The summed E-state index contributed by atoms with van der Waals surface area (Å²) in [6, 6.07) is -0.908. The van der Waals surface area contributed by atoms with Crippen molar-refractivity contribution in [2.24, 2.45) is 0 Å². The summed E-state index contributed by atoms with van der Waals surface area (Å²) in [5.74, 6) is 0.215. The number of ether oxygens (including phenoxy) is 2. The van der Waals surface area contributed by atoms with Gasteiger partial charge >= 0.3 is 0 Å². The molecule has 0 aromatic carbocycles. The summed E-state index contributed by atoms with van der Waals surface area (Å²) >= 11 is 0. The minimum atomic E-state index is -1.57. The lowest BCUT2D eigenvalue weighted by atomic mass is 9.98. The minimum Gasteiger partial charge on any atom is -0.396 e. The zero-order chi connectivity index (χ0) is 25.8. The number of rotatable bonds is 17. The van der Waals surface area contributed by atoms with Crippen molar-refractivity contribution in [3.63, 3.8) is 0 Å². The van der Waals surface area contributed by atoms with Gasteiger partial charge in [0.1, 0.15) is 36.3 Å². The van der Waals surface area contributed by atoms with Crippen LogP contribution in [-0.2, 0) is 14.3 Å². The van der Waals surface area contributed by atoms with E-state index in [9.17, 15) is 35.4 Å². The van der Waals surface area contributed by atoms with Crippen LogP contribution in [0.15, 0.2) is 0 Å². The molecule has 8 N–H and O–H groups in total. The summed E-state index contributed by atoms with van der Waals surface area (Å²) in [6.45, 7) is -0.809. The van der Waals surface area contributed by atoms with Gasteiger partial charge in [0, 0.05) is 25.5 Å². The average Bonchev–Trinajstić information content (AvgIpc) is 3.15. The molecule has 0 spiro atoms. The zero-order valence-electron chi connectivity index (χ0n) is 20.5. The lowest BCUT2D eigenvalue weighted by Gasteiger charge is -2.41. The number of carbonyl (C=O) groups is 1. The molecule has 2 rings (SSSR count). The van der Waals surface area contributed by atoms with E-state index in [1.165, 1.54) is 0 Å². The standard InChI is InChI=1S/C24H45NO10/c26-12-8-10-15(29)9-6-4-2-1-3-5-7-11-16-23(19(30)17(13-27)25-16)35-24-22(33)21(32)20(31)18(14-28)34-24/h16-28,30-33H,1-14H2/t16-,17-,18-,19-,20-,21-,22-,23+,24-/m1/s1. The summed E-state index contributed by atoms with van der Waals surface area (Å²) < 4.78 is 11.2. The zero-order valence-corrected chi connectivity index (χ0v) is 20.5. The summed E-state index contributed by atoms with van der Waals surface area (Å²) in [5, 5.41) is 71.7. The van der Waals surface area contributed by atoms with E-state index in [0.717, 1.165) is 44.9 Å². The summed E-state index contributed by atoms with van der Waals surface area (Å²) in [5.41, 5.74) is 0. The van der Waals surface area contributed by atoms with E-state index >= 15 is 0 Å². The molecule has 11 heteroatoms. The molecule has 2 saturated heterocycles. The Labute approximate surface area is 207 Å². The van der Waals surface area contributed by atoms with E-state index in [4.69, 9.17) is 14.6 Å². The third-order valence-corrected chi connectivity index (χ3v) is 6.99. The third-order valence-electron chi connectivity index (χ3n) is 6.99. The number of unbranched alkanes of at least 4 members (excludes halogenated alkanes) is 6. The van der Waals surface area contributed by atoms with Gasteiger partial charge in [-0.2, -0.15) is 0 Å². The summed E-state index contributed by atoms with van der Waals surface area (Å²) in [7, 11) is 0. The Balaban J connectivity index is 1.71. The number of ketones is 1. The first-order valence-corrected chi connectivity index (χ1v) is 13.0. The van der Waals surface area contributed by atoms with Crippen LogP contribution < -0.4 is 5.32 Å². The number of Topliss-reactive ketones (excluding diaryl/α,β-unsaturated/α-hetero) is 1. The highest BCUT2D eigenvalue weighted by Crippen LogP contribution is 2.28. The van der Waals surface area contributed by atoms with Gasteiger partial charge in [-0.1, -0.05) is 38.5 Å². The van der Waals surface area contributed by atoms with Gasteiger partial charge in [-0.3, -0.25) is 4.79 Å². The van der Waals surface area contributed by atoms with Gasteiger partial charge in [-0.15, -0.1) is 0 Å². The van der Waals surface area contributed by atoms with Gasteiger partial charge in [-0.25, -0.2) is 0 Å². The summed E-state index contributed by atoms with van der Waals surface area (Å²) in [6.07, 6.45) is 0.195. The van der Waals surface area contributed by atoms with Crippen LogP contribution in [0.2, 0.25) is 0 Å². The Morgan fingerprint density at radius 3 is 1.97 bits per heavy atom. The van der Waals surface area contributed by atoms with Gasteiger partial charge in [0.25, 0.3) is 0 Å². The number of aliphatic hydroxyl groups excluding tert-OH is 7. The van der Waals surface area contributed by atoms with Crippen LogP contribution in [-0.4, -0.2) is 116 Å². The molecule has 2 aliphatic rings. The predicted octanol–water partition coefficient (Wildman–Crippen LogP) is -1.28. The highest BCUT2D eigenvalue weighted by molar-refractivity contribution is 5.78. The van der Waals surface area contributed by atoms with E-state index < -0.39 is 55.6 Å². The Morgan fingerprint density at radius 1 is 0.714 bits per heavy atom. The lowest BCUT2D eigenvalue weighted by Crippen LogP contribution is -2.60. The molecular weight excluding hydrogens is 462 g/mol. The molecule has 2 heterocycles. The Bertz CT molecular complexity index is 595. The van der Waals surface area contributed by atoms with Crippen molar-refractivity contribution in [1.82, 2.24) is 5.32 Å². The van der Waals surface area contributed by atoms with E-state index in [1.807, 2.05) is 0 Å². The minimum absolute atomic E-state index is 0.0579. The lowest BCUT2D eigenvalue weighted by molar-refractivity contribution is -0.316. The van der Waals surface area contributed by atoms with Crippen LogP contribution >= 0.6 is 0 Å². The Morgan fingerprint density at radius 2 is 1.34 bits per heavy atom. The molecule has 2 aliphatic heterocycles. The first kappa shape index (κ1) is 30.5. The van der Waals surface area contributed by atoms with E-state index in [1.54, 1.807) is 0 Å². The molecule has 206 valence electrons. The Hall–Kier alpha value is -0.730. The molecular formula is C24H45NO10. The van der Waals surface area contributed by atoms with Crippen molar-refractivity contribution in [1.29, 1.82) is 0 Å². The number of aliphatic hydroxyl groups is 7. The smallest absolute Gasteiger partial charge is 0.187 e. The number of hydrogen-bond donors (Lipinski definition) is 8. The van der Waals surface area contributed by atoms with E-state index in [2.05, 4.69) is 5.32 Å². The van der Waals surface area contributed by atoms with Crippen molar-refractivity contribution in [3.8, 4) is 0 Å². The van der Waals surface area contributed by atoms with Crippen LogP contribution in [0.25, 0.3) is 0 Å². The fraction of sp³-hybridized carbons (Fsp3) is 0.958. The van der Waals surface area contributed by atoms with Crippen molar-refractivity contribution >= 4 is 5.78 Å². The second-order valence-corrected chi connectivity index (χ2v) is 9.73. The molecule has 0 aromatic rings. The molecule has 0 radical (unpaired) electrons. The third kappa shape index (κ3) is 9.26. The van der Waals surface area contributed by atoms with Gasteiger partial charge < -0.3 is 50.5 Å². The van der Waals surface area contributed by atoms with Crippen LogP contribution in [0.1, 0.15) is 70.6 Å². The second-order valence-electron chi connectivity index (χ2n) is 9.73. The molecule has 2 fully saturated rings. The maximum absolute atomic E-state index is 11.6. The molecule has 0 unspecified atom stereocenters.